The third-order valence-electron chi connectivity index (χ3n) is 1.15. The molecule has 0 spiro atoms. The molecule has 13 N–H and O–H groups in total. The fourth-order valence-corrected chi connectivity index (χ4v) is 0.667. The van der Waals surface area contributed by atoms with Gasteiger partial charge in [0.1, 0.15) is 0 Å². The zero-order valence-electron chi connectivity index (χ0n) is 16.4. The van der Waals surface area contributed by atoms with Crippen LogP contribution in [-0.2, 0) is 26.4 Å². The Kier molecular flexibility index (Phi) is 58.2. The van der Waals surface area contributed by atoms with Crippen molar-refractivity contribution in [1.29, 1.82) is 0 Å². The largest absolute Gasteiger partial charge is 3.00 e. The Balaban J connectivity index is -0.0000000251. The predicted octanol–water partition coefficient (Wildman–Crippen LogP) is -8.67. The summed E-state index contributed by atoms with van der Waals surface area (Å²) in [5.41, 5.74) is 0. The molecule has 0 aromatic carbocycles. The summed E-state index contributed by atoms with van der Waals surface area (Å²) >= 11 is 0. The average molecular weight is 529 g/mol. The Hall–Kier alpha value is -0.454. The number of aliphatic carboxylic acids is 2. The maximum Gasteiger partial charge on any atom is 3.00 e. The molecular formula is C10H31Cl2CoN4O12. The quantitative estimate of drug-likeness (QED) is 0.225. The van der Waals surface area contributed by atoms with Gasteiger partial charge in [-0.1, -0.05) is 27.7 Å². The molecule has 0 radical (unpaired) electrons. The van der Waals surface area contributed by atoms with Gasteiger partial charge in [-0.3, -0.25) is 0 Å². The van der Waals surface area contributed by atoms with E-state index in [-0.39, 0.29) is 66.1 Å². The van der Waals surface area contributed by atoms with E-state index in [2.05, 4.69) is 0 Å². The monoisotopic (exact) mass is 528 g/mol. The Morgan fingerprint density at radius 1 is 0.690 bits per heavy atom. The predicted molar refractivity (Wildman–Crippen MR) is 71.2 cm³/mol. The molecule has 0 atom stereocenters. The molecule has 0 saturated carbocycles. The van der Waals surface area contributed by atoms with Crippen molar-refractivity contribution >= 4 is 11.9 Å². The third kappa shape index (κ3) is 316. The molecule has 0 aromatic heterocycles. The molecule has 0 saturated heterocycles. The zero-order chi connectivity index (χ0) is 20.7. The number of hydrogen-bond donors (Lipinski definition) is 5. The molecule has 0 amide bonds. The van der Waals surface area contributed by atoms with Crippen molar-refractivity contribution in [2.75, 3.05) is 0 Å². The summed E-state index contributed by atoms with van der Waals surface area (Å²) in [6.07, 6.45) is 0.333. The second-order valence-corrected chi connectivity index (χ2v) is 6.26. The summed E-state index contributed by atoms with van der Waals surface area (Å²) in [5, 5.41) is 19.4. The Labute approximate surface area is 183 Å². The van der Waals surface area contributed by atoms with Crippen molar-refractivity contribution in [3.05, 3.63) is 0 Å². The number of carbonyl (C=O) groups excluding carboxylic acids is 2. The summed E-state index contributed by atoms with van der Waals surface area (Å²) in [6.45, 7) is 7.37. The van der Waals surface area contributed by atoms with Gasteiger partial charge in [-0.05, 0) is 24.7 Å². The van der Waals surface area contributed by atoms with Crippen LogP contribution in [0.25, 0.3) is 0 Å². The Bertz CT molecular complexity index is 300. The van der Waals surface area contributed by atoms with Crippen LogP contribution in [0, 0.1) is 32.3 Å². The Morgan fingerprint density at radius 2 is 0.793 bits per heavy atom. The molecule has 186 valence electrons. The van der Waals surface area contributed by atoms with Gasteiger partial charge in [0, 0.05) is 11.9 Å². The van der Waals surface area contributed by atoms with Crippen LogP contribution < -0.4 is 67.4 Å². The molecule has 0 aliphatic carbocycles. The zero-order valence-corrected chi connectivity index (χ0v) is 19.0. The SMILES string of the molecule is CC(C)CC(=O)[O-].CC(C)CC(=O)[O-].N.N.N.N.[Co+3].[O-][Cl+3]([O-])([O-])O.[O-][Cl+3]([O-])([O-])[O-]. The standard InChI is InChI=1S/2C5H10O2.2ClHO4.Co.4H3N/c2*1-4(2)3-5(6)7;2*2-1(3,4)5;;;;;/h2*4H,3H2,1-2H3,(H,6,7);2*(H,2,3,4,5);;4*1H3/q;;;;+3;;;;/p-3. The maximum absolute atomic E-state index is 9.70. The first kappa shape index (κ1) is 56.7. The topological polar surface area (TPSA) is 402 Å². The van der Waals surface area contributed by atoms with Gasteiger partial charge in [0.15, 0.2) is 0 Å². The van der Waals surface area contributed by atoms with Crippen LogP contribution in [0.2, 0.25) is 0 Å². The van der Waals surface area contributed by atoms with E-state index < -0.39 is 32.4 Å². The smallest absolute Gasteiger partial charge is 0.550 e. The number of carboxylic acid groups (broad SMARTS) is 2. The van der Waals surface area contributed by atoms with E-state index in [9.17, 15) is 19.8 Å². The van der Waals surface area contributed by atoms with Crippen LogP contribution in [-0.4, -0.2) is 16.6 Å². The van der Waals surface area contributed by atoms with E-state index in [4.69, 9.17) is 37.3 Å². The van der Waals surface area contributed by atoms with Gasteiger partial charge in [-0.15, -0.1) is 10.2 Å². The normalized spacial score (nSPS) is 8.76. The van der Waals surface area contributed by atoms with Crippen LogP contribution >= 0.6 is 0 Å². The van der Waals surface area contributed by atoms with E-state index >= 15 is 0 Å². The van der Waals surface area contributed by atoms with Crippen LogP contribution in [0.4, 0.5) is 0 Å². The molecule has 0 aliphatic heterocycles. The first-order valence-electron chi connectivity index (χ1n) is 5.90. The van der Waals surface area contributed by atoms with Crippen molar-refractivity contribution in [2.24, 2.45) is 11.8 Å². The minimum Gasteiger partial charge on any atom is -0.550 e. The fraction of sp³-hybridized carbons (Fsp3) is 0.800. The minimum atomic E-state index is -4.94. The first-order valence-corrected chi connectivity index (χ1v) is 8.40. The van der Waals surface area contributed by atoms with Crippen molar-refractivity contribution in [3.63, 3.8) is 0 Å². The number of carboxylic acids is 2. The van der Waals surface area contributed by atoms with Crippen LogP contribution in [0.3, 0.4) is 0 Å². The van der Waals surface area contributed by atoms with Crippen molar-refractivity contribution in [3.8, 4) is 0 Å². The van der Waals surface area contributed by atoms with E-state index in [0.29, 0.717) is 0 Å². The molecular weight excluding hydrogens is 498 g/mol. The molecule has 0 aromatic rings. The summed E-state index contributed by atoms with van der Waals surface area (Å²) in [7, 11) is -9.64. The summed E-state index contributed by atoms with van der Waals surface area (Å²) in [4.78, 5) is 19.4. The summed E-state index contributed by atoms with van der Waals surface area (Å²) in [6, 6.07) is 0. The van der Waals surface area contributed by atoms with Gasteiger partial charge in [-0.2, -0.15) is 14.0 Å². The molecule has 0 unspecified atom stereocenters. The molecule has 0 rings (SSSR count). The van der Waals surface area contributed by atoms with E-state index in [1.807, 2.05) is 27.7 Å². The molecule has 0 fully saturated rings. The van der Waals surface area contributed by atoms with Gasteiger partial charge < -0.3 is 44.4 Å². The second kappa shape index (κ2) is 29.7. The van der Waals surface area contributed by atoms with E-state index in [1.165, 1.54) is 0 Å². The summed E-state index contributed by atoms with van der Waals surface area (Å²) < 4.78 is 66.7. The number of carbonyl (C=O) groups is 2. The number of halogens is 2. The molecule has 16 nitrogen and oxygen atoms in total. The molecule has 0 bridgehead atoms. The molecule has 0 heterocycles. The minimum absolute atomic E-state index is 0. The van der Waals surface area contributed by atoms with Gasteiger partial charge in [0.2, 0.25) is 0 Å². The Morgan fingerprint density at radius 3 is 0.793 bits per heavy atom. The van der Waals surface area contributed by atoms with E-state index in [1.54, 1.807) is 0 Å². The average Bonchev–Trinajstić information content (AvgIpc) is 2.05. The van der Waals surface area contributed by atoms with Gasteiger partial charge >= 0.3 is 16.8 Å². The second-order valence-electron chi connectivity index (χ2n) is 4.71. The van der Waals surface area contributed by atoms with Crippen molar-refractivity contribution < 1.29 is 94.3 Å². The fourth-order valence-electron chi connectivity index (χ4n) is 0.667. The van der Waals surface area contributed by atoms with Crippen LogP contribution in [0.5, 0.6) is 0 Å². The third-order valence-corrected chi connectivity index (χ3v) is 1.15. The van der Waals surface area contributed by atoms with Crippen LogP contribution in [0.15, 0.2) is 0 Å². The van der Waals surface area contributed by atoms with Crippen LogP contribution in [0.1, 0.15) is 40.5 Å². The van der Waals surface area contributed by atoms with E-state index in [0.717, 1.165) is 0 Å². The van der Waals surface area contributed by atoms with Gasteiger partial charge in [0.25, 0.3) is 0 Å². The first-order chi connectivity index (χ1) is 10.3. The number of rotatable bonds is 4. The van der Waals surface area contributed by atoms with Gasteiger partial charge in [0.05, 0.1) is 14.9 Å². The maximum atomic E-state index is 9.70. The van der Waals surface area contributed by atoms with Crippen molar-refractivity contribution in [1.82, 2.24) is 24.6 Å². The van der Waals surface area contributed by atoms with Gasteiger partial charge in [-0.25, -0.2) is 18.6 Å². The van der Waals surface area contributed by atoms with Crippen molar-refractivity contribution in [2.45, 2.75) is 40.5 Å². The number of hydrogen-bond acceptors (Lipinski definition) is 16. The summed E-state index contributed by atoms with van der Waals surface area (Å²) in [5.74, 6) is -1.50. The molecule has 19 heteroatoms. The molecule has 0 aliphatic rings. The molecule has 29 heavy (non-hydrogen) atoms.